The van der Waals surface area contributed by atoms with E-state index in [1.165, 1.54) is 19.1 Å². The molecule has 0 saturated heterocycles. The van der Waals surface area contributed by atoms with E-state index in [-0.39, 0.29) is 0 Å². The summed E-state index contributed by atoms with van der Waals surface area (Å²) in [7, 11) is 2.99. The number of carbonyl (C=O) groups excluding carboxylic acids is 1. The Morgan fingerprint density at radius 2 is 2.16 bits per heavy atom. The molecule has 0 aliphatic rings. The minimum absolute atomic E-state index is 0.541. The number of aliphatic carboxylic acids is 1. The van der Waals surface area contributed by atoms with Crippen LogP contribution in [0.1, 0.15) is 0 Å². The number of aliphatic hydroxyl groups excluding tert-OH is 1. The van der Waals surface area contributed by atoms with E-state index in [4.69, 9.17) is 14.9 Å². The van der Waals surface area contributed by atoms with Crippen LogP contribution in [0.25, 0.3) is 0 Å². The smallest absolute Gasteiger partial charge is 0.328 e. The molecule has 1 atom stereocenters. The molecule has 1 aromatic carbocycles. The van der Waals surface area contributed by atoms with Gasteiger partial charge in [-0.25, -0.2) is 9.59 Å². The number of nitrogens with one attached hydrogen (secondary N) is 1. The minimum Gasteiger partial charge on any atom is -0.497 e. The minimum atomic E-state index is -1.33. The molecule has 0 radical (unpaired) electrons. The topological polar surface area (TPSA) is 99.1 Å². The van der Waals surface area contributed by atoms with Crippen LogP contribution in [0, 0.1) is 0 Å². The van der Waals surface area contributed by atoms with E-state index >= 15 is 0 Å². The summed E-state index contributed by atoms with van der Waals surface area (Å²) in [4.78, 5) is 23.8. The normalized spacial score (nSPS) is 11.5. The summed E-state index contributed by atoms with van der Waals surface area (Å²) in [5, 5.41) is 19.8. The van der Waals surface area contributed by atoms with Crippen LogP contribution in [0.3, 0.4) is 0 Å². The predicted molar refractivity (Wildman–Crippen MR) is 68.4 cm³/mol. The monoisotopic (exact) mass is 268 g/mol. The molecular weight excluding hydrogens is 252 g/mol. The first-order valence-corrected chi connectivity index (χ1v) is 5.51. The van der Waals surface area contributed by atoms with Gasteiger partial charge in [0.15, 0.2) is 6.04 Å². The van der Waals surface area contributed by atoms with Crippen molar-refractivity contribution in [3.8, 4) is 5.75 Å². The van der Waals surface area contributed by atoms with E-state index in [9.17, 15) is 9.59 Å². The molecular formula is C12H16N2O5. The highest BCUT2D eigenvalue weighted by molar-refractivity contribution is 5.94. The number of methoxy groups -OCH3 is 1. The van der Waals surface area contributed by atoms with E-state index in [0.29, 0.717) is 11.4 Å². The standard InChI is InChI=1S/C12H16N2O5/c1-14(8-4-3-5-9(6-8)19-2)12(18)13-10(7-15)11(16)17/h3-6,10,15H,7H2,1-2H3,(H,13,18)(H,16,17). The zero-order valence-corrected chi connectivity index (χ0v) is 10.7. The lowest BCUT2D eigenvalue weighted by molar-refractivity contribution is -0.140. The molecule has 0 aromatic heterocycles. The lowest BCUT2D eigenvalue weighted by atomic mass is 10.3. The second-order valence-corrected chi connectivity index (χ2v) is 3.78. The molecule has 3 N–H and O–H groups in total. The van der Waals surface area contributed by atoms with Crippen molar-refractivity contribution in [3.63, 3.8) is 0 Å². The molecule has 0 heterocycles. The van der Waals surface area contributed by atoms with Crippen LogP contribution >= 0.6 is 0 Å². The number of carbonyl (C=O) groups is 2. The van der Waals surface area contributed by atoms with Gasteiger partial charge in [0, 0.05) is 18.8 Å². The van der Waals surface area contributed by atoms with Crippen LogP contribution in [0.15, 0.2) is 24.3 Å². The summed E-state index contributed by atoms with van der Waals surface area (Å²) in [6.45, 7) is -0.674. The maximum Gasteiger partial charge on any atom is 0.328 e. The molecule has 0 aliphatic carbocycles. The molecule has 7 nitrogen and oxygen atoms in total. The lowest BCUT2D eigenvalue weighted by Crippen LogP contribution is -2.48. The number of rotatable bonds is 5. The number of carboxylic acid groups (broad SMARTS) is 1. The molecule has 0 saturated carbocycles. The molecule has 19 heavy (non-hydrogen) atoms. The first kappa shape index (κ1) is 14.8. The number of hydrogen-bond donors (Lipinski definition) is 3. The van der Waals surface area contributed by atoms with E-state index in [0.717, 1.165) is 0 Å². The highest BCUT2D eigenvalue weighted by atomic mass is 16.5. The summed E-state index contributed by atoms with van der Waals surface area (Å²) in [6, 6.07) is 4.78. The fourth-order valence-corrected chi connectivity index (χ4v) is 1.37. The van der Waals surface area contributed by atoms with Crippen molar-refractivity contribution < 1.29 is 24.5 Å². The Kier molecular flexibility index (Phi) is 5.13. The quantitative estimate of drug-likeness (QED) is 0.712. The molecule has 1 aromatic rings. The van der Waals surface area contributed by atoms with Gasteiger partial charge in [-0.2, -0.15) is 0 Å². The van der Waals surface area contributed by atoms with Crippen molar-refractivity contribution in [2.24, 2.45) is 0 Å². The highest BCUT2D eigenvalue weighted by Crippen LogP contribution is 2.19. The number of ether oxygens (including phenoxy) is 1. The molecule has 0 fully saturated rings. The number of anilines is 1. The van der Waals surface area contributed by atoms with E-state index < -0.39 is 24.6 Å². The first-order chi connectivity index (χ1) is 8.99. The Hall–Kier alpha value is -2.28. The van der Waals surface area contributed by atoms with Crippen molar-refractivity contribution in [3.05, 3.63) is 24.3 Å². The summed E-state index contributed by atoms with van der Waals surface area (Å²) in [6.07, 6.45) is 0. The molecule has 104 valence electrons. The van der Waals surface area contributed by atoms with Crippen LogP contribution < -0.4 is 15.0 Å². The SMILES string of the molecule is COc1cccc(N(C)C(=O)NC(CO)C(=O)O)c1. The first-order valence-electron chi connectivity index (χ1n) is 5.51. The van der Waals surface area contributed by atoms with Crippen LogP contribution in [0.2, 0.25) is 0 Å². The third-order valence-electron chi connectivity index (χ3n) is 2.52. The summed E-state index contributed by atoms with van der Waals surface area (Å²) >= 11 is 0. The molecule has 0 spiro atoms. The molecule has 0 aliphatic heterocycles. The average molecular weight is 268 g/mol. The fraction of sp³-hybridized carbons (Fsp3) is 0.333. The second-order valence-electron chi connectivity index (χ2n) is 3.78. The number of urea groups is 1. The van der Waals surface area contributed by atoms with Crippen LogP contribution in [-0.2, 0) is 4.79 Å². The Morgan fingerprint density at radius 3 is 2.68 bits per heavy atom. The largest absolute Gasteiger partial charge is 0.497 e. The van der Waals surface area contributed by atoms with Crippen LogP contribution in [-0.4, -0.2) is 49.0 Å². The third kappa shape index (κ3) is 3.85. The second kappa shape index (κ2) is 6.60. The van der Waals surface area contributed by atoms with Gasteiger partial charge in [0.1, 0.15) is 5.75 Å². The van der Waals surface area contributed by atoms with Crippen molar-refractivity contribution in [2.75, 3.05) is 25.7 Å². The molecule has 1 unspecified atom stereocenters. The zero-order valence-electron chi connectivity index (χ0n) is 10.7. The number of aliphatic hydroxyl groups is 1. The lowest BCUT2D eigenvalue weighted by Gasteiger charge is -2.20. The van der Waals surface area contributed by atoms with Crippen molar-refractivity contribution in [1.82, 2.24) is 5.32 Å². The number of benzene rings is 1. The average Bonchev–Trinajstić information content (AvgIpc) is 2.43. The molecule has 0 bridgehead atoms. The maximum atomic E-state index is 11.8. The maximum absolute atomic E-state index is 11.8. The fourth-order valence-electron chi connectivity index (χ4n) is 1.37. The van der Waals surface area contributed by atoms with Gasteiger partial charge < -0.3 is 20.3 Å². The Balaban J connectivity index is 2.78. The number of nitrogens with zero attached hydrogens (tertiary/aromatic N) is 1. The van der Waals surface area contributed by atoms with Gasteiger partial charge in [-0.05, 0) is 12.1 Å². The van der Waals surface area contributed by atoms with Gasteiger partial charge in [-0.15, -0.1) is 0 Å². The number of carboxylic acids is 1. The van der Waals surface area contributed by atoms with Gasteiger partial charge in [0.05, 0.1) is 13.7 Å². The Bertz CT molecular complexity index is 463. The van der Waals surface area contributed by atoms with Gasteiger partial charge in [0.25, 0.3) is 0 Å². The molecule has 7 heteroatoms. The van der Waals surface area contributed by atoms with Gasteiger partial charge in [-0.3, -0.25) is 4.90 Å². The third-order valence-corrected chi connectivity index (χ3v) is 2.52. The Labute approximate surface area is 110 Å². The highest BCUT2D eigenvalue weighted by Gasteiger charge is 2.21. The van der Waals surface area contributed by atoms with Crippen LogP contribution in [0.5, 0.6) is 5.75 Å². The van der Waals surface area contributed by atoms with Crippen molar-refractivity contribution >= 4 is 17.7 Å². The Morgan fingerprint density at radius 1 is 1.47 bits per heavy atom. The number of amides is 2. The zero-order chi connectivity index (χ0) is 14.4. The number of hydrogen-bond acceptors (Lipinski definition) is 4. The van der Waals surface area contributed by atoms with Crippen LogP contribution in [0.4, 0.5) is 10.5 Å². The van der Waals surface area contributed by atoms with E-state index in [1.807, 2.05) is 0 Å². The van der Waals surface area contributed by atoms with Crippen molar-refractivity contribution in [1.29, 1.82) is 0 Å². The van der Waals surface area contributed by atoms with Gasteiger partial charge in [-0.1, -0.05) is 6.07 Å². The van der Waals surface area contributed by atoms with Gasteiger partial charge in [0.2, 0.25) is 0 Å². The molecule has 1 rings (SSSR count). The van der Waals surface area contributed by atoms with E-state index in [2.05, 4.69) is 5.32 Å². The van der Waals surface area contributed by atoms with Crippen molar-refractivity contribution in [2.45, 2.75) is 6.04 Å². The molecule has 2 amide bonds. The summed E-state index contributed by atoms with van der Waals surface area (Å²) in [5.41, 5.74) is 0.541. The van der Waals surface area contributed by atoms with E-state index in [1.54, 1.807) is 24.3 Å². The summed E-state index contributed by atoms with van der Waals surface area (Å²) < 4.78 is 5.03. The van der Waals surface area contributed by atoms with Gasteiger partial charge >= 0.3 is 12.0 Å². The summed E-state index contributed by atoms with van der Waals surface area (Å²) in [5.74, 6) is -0.719. The predicted octanol–water partition coefficient (Wildman–Crippen LogP) is 0.286.